The van der Waals surface area contributed by atoms with Crippen LogP contribution in [0.25, 0.3) is 0 Å². The summed E-state index contributed by atoms with van der Waals surface area (Å²) in [6.07, 6.45) is 0.415. The molecule has 0 aromatic heterocycles. The van der Waals surface area contributed by atoms with Crippen LogP contribution in [0, 0.1) is 0 Å². The lowest BCUT2D eigenvalue weighted by Crippen LogP contribution is -2.46. The van der Waals surface area contributed by atoms with Crippen LogP contribution < -0.4 is 9.03 Å². The van der Waals surface area contributed by atoms with E-state index in [9.17, 15) is 26.4 Å². The van der Waals surface area contributed by atoms with Gasteiger partial charge in [0.25, 0.3) is 0 Å². The number of ether oxygens (including phenoxy) is 1. The van der Waals surface area contributed by atoms with E-state index in [1.807, 2.05) is 0 Å². The van der Waals surface area contributed by atoms with Gasteiger partial charge in [0.05, 0.1) is 22.9 Å². The number of benzene rings is 1. The topological polar surface area (TPSA) is 130 Å². The van der Waals surface area contributed by atoms with Crippen molar-refractivity contribution in [1.82, 2.24) is 9.62 Å². The maximum atomic E-state index is 12.6. The van der Waals surface area contributed by atoms with Crippen molar-refractivity contribution in [3.05, 3.63) is 24.3 Å². The Morgan fingerprint density at radius 2 is 1.83 bits per heavy atom. The van der Waals surface area contributed by atoms with E-state index in [1.54, 1.807) is 6.92 Å². The van der Waals surface area contributed by atoms with E-state index in [0.29, 0.717) is 30.2 Å². The fourth-order valence-electron chi connectivity index (χ4n) is 3.31. The number of carbonyl (C=O) groups is 2. The number of amides is 2. The summed E-state index contributed by atoms with van der Waals surface area (Å²) < 4.78 is 57.5. The quantitative estimate of drug-likeness (QED) is 0.704. The first-order valence-corrected chi connectivity index (χ1v) is 12.3. The van der Waals surface area contributed by atoms with Gasteiger partial charge in [0, 0.05) is 25.6 Å². The van der Waals surface area contributed by atoms with Crippen LogP contribution in [0.3, 0.4) is 0 Å². The Morgan fingerprint density at radius 1 is 1.21 bits per heavy atom. The highest BCUT2D eigenvalue weighted by molar-refractivity contribution is 7.94. The first-order chi connectivity index (χ1) is 13.6. The van der Waals surface area contributed by atoms with Crippen molar-refractivity contribution in [2.45, 2.75) is 37.1 Å². The van der Waals surface area contributed by atoms with Gasteiger partial charge in [-0.25, -0.2) is 30.7 Å². The molecule has 0 radical (unpaired) electrons. The van der Waals surface area contributed by atoms with E-state index in [1.165, 1.54) is 29.2 Å². The van der Waals surface area contributed by atoms with Gasteiger partial charge in [-0.2, -0.15) is 0 Å². The number of piperidine rings is 1. The van der Waals surface area contributed by atoms with Crippen molar-refractivity contribution in [2.75, 3.05) is 29.8 Å². The lowest BCUT2D eigenvalue weighted by atomic mass is 10.1. The van der Waals surface area contributed by atoms with E-state index < -0.39 is 32.0 Å². The average Bonchev–Trinajstić information content (AvgIpc) is 2.95. The number of rotatable bonds is 5. The molecule has 12 heteroatoms. The number of anilines is 1. The SMILES string of the molecule is CCOC(=O)N1CCC(NS(=O)(=O)c2ccc(N3C(=O)CCS3(=O)=O)cc2)CC1. The molecule has 29 heavy (non-hydrogen) atoms. The van der Waals surface area contributed by atoms with Gasteiger partial charge in [-0.1, -0.05) is 0 Å². The first-order valence-electron chi connectivity index (χ1n) is 9.24. The molecule has 2 heterocycles. The van der Waals surface area contributed by atoms with Crippen LogP contribution in [-0.4, -0.2) is 65.2 Å². The zero-order valence-corrected chi connectivity index (χ0v) is 17.5. The Morgan fingerprint density at radius 3 is 2.34 bits per heavy atom. The standard InChI is InChI=1S/C17H23N3O7S2/c1-2-27-17(22)19-10-7-13(8-11-19)18-29(25,26)15-5-3-14(4-6-15)20-16(21)9-12-28(20,23)24/h3-6,13,18H,2,7-12H2,1H3. The number of likely N-dealkylation sites (tertiary alicyclic amines) is 1. The molecule has 2 aliphatic heterocycles. The second-order valence-corrected chi connectivity index (χ2v) is 10.5. The summed E-state index contributed by atoms with van der Waals surface area (Å²) in [4.78, 5) is 25.1. The Kier molecular flexibility index (Phi) is 6.15. The molecule has 0 unspecified atom stereocenters. The zero-order chi connectivity index (χ0) is 21.2. The molecule has 0 bridgehead atoms. The van der Waals surface area contributed by atoms with E-state index in [2.05, 4.69) is 4.72 Å². The summed E-state index contributed by atoms with van der Waals surface area (Å²) >= 11 is 0. The van der Waals surface area contributed by atoms with Gasteiger partial charge in [-0.3, -0.25) is 4.79 Å². The van der Waals surface area contributed by atoms with E-state index in [0.717, 1.165) is 0 Å². The van der Waals surface area contributed by atoms with Gasteiger partial charge in [-0.15, -0.1) is 0 Å². The molecule has 10 nitrogen and oxygen atoms in total. The highest BCUT2D eigenvalue weighted by atomic mass is 32.2. The summed E-state index contributed by atoms with van der Waals surface area (Å²) in [5.41, 5.74) is 0.120. The molecule has 160 valence electrons. The highest BCUT2D eigenvalue weighted by Gasteiger charge is 2.36. The van der Waals surface area contributed by atoms with Gasteiger partial charge in [0.15, 0.2) is 0 Å². The molecule has 1 aromatic carbocycles. The minimum Gasteiger partial charge on any atom is -0.450 e. The highest BCUT2D eigenvalue weighted by Crippen LogP contribution is 2.26. The third-order valence-electron chi connectivity index (χ3n) is 4.80. The van der Waals surface area contributed by atoms with Crippen molar-refractivity contribution in [2.24, 2.45) is 0 Å². The van der Waals surface area contributed by atoms with Crippen LogP contribution >= 0.6 is 0 Å². The fourth-order valence-corrected chi connectivity index (χ4v) is 6.08. The van der Waals surface area contributed by atoms with Crippen molar-refractivity contribution in [3.63, 3.8) is 0 Å². The minimum absolute atomic E-state index is 0.0295. The summed E-state index contributed by atoms with van der Waals surface area (Å²) in [5.74, 6) is -0.787. The number of sulfonamides is 2. The lowest BCUT2D eigenvalue weighted by Gasteiger charge is -2.31. The van der Waals surface area contributed by atoms with Gasteiger partial charge >= 0.3 is 6.09 Å². The second kappa shape index (κ2) is 8.28. The van der Waals surface area contributed by atoms with Crippen molar-refractivity contribution in [1.29, 1.82) is 0 Å². The molecule has 0 aliphatic carbocycles. The van der Waals surface area contributed by atoms with Crippen LogP contribution in [0.1, 0.15) is 26.2 Å². The molecule has 2 amide bonds. The van der Waals surface area contributed by atoms with E-state index >= 15 is 0 Å². The molecule has 1 aromatic rings. The summed E-state index contributed by atoms with van der Waals surface area (Å²) in [7, 11) is -7.53. The Hall–Kier alpha value is -2.18. The minimum atomic E-state index is -3.83. The van der Waals surface area contributed by atoms with Gasteiger partial charge in [0.2, 0.25) is 26.0 Å². The van der Waals surface area contributed by atoms with Gasteiger partial charge in [0.1, 0.15) is 0 Å². The van der Waals surface area contributed by atoms with Crippen molar-refractivity contribution < 1.29 is 31.2 Å². The summed E-state index contributed by atoms with van der Waals surface area (Å²) in [6.45, 7) is 2.78. The van der Waals surface area contributed by atoms with Crippen molar-refractivity contribution >= 4 is 37.7 Å². The van der Waals surface area contributed by atoms with Crippen LogP contribution in [0.15, 0.2) is 29.2 Å². The molecule has 0 saturated carbocycles. The molecule has 2 fully saturated rings. The molecule has 0 atom stereocenters. The maximum absolute atomic E-state index is 12.6. The third-order valence-corrected chi connectivity index (χ3v) is 8.03. The number of carbonyl (C=O) groups excluding carboxylic acids is 2. The fraction of sp³-hybridized carbons (Fsp3) is 0.529. The number of nitrogens with zero attached hydrogens (tertiary/aromatic N) is 2. The lowest BCUT2D eigenvalue weighted by molar-refractivity contribution is -0.116. The Labute approximate surface area is 169 Å². The predicted molar refractivity (Wildman–Crippen MR) is 104 cm³/mol. The van der Waals surface area contributed by atoms with E-state index in [4.69, 9.17) is 4.74 Å². The maximum Gasteiger partial charge on any atom is 0.409 e. The summed E-state index contributed by atoms with van der Waals surface area (Å²) in [6, 6.07) is 4.82. The van der Waals surface area contributed by atoms with Gasteiger partial charge in [-0.05, 0) is 44.0 Å². The number of hydrogen-bond donors (Lipinski definition) is 1. The third kappa shape index (κ3) is 4.70. The average molecular weight is 446 g/mol. The Balaban J connectivity index is 1.65. The zero-order valence-electron chi connectivity index (χ0n) is 15.9. The van der Waals surface area contributed by atoms with Gasteiger partial charge < -0.3 is 9.64 Å². The summed E-state index contributed by atoms with van der Waals surface area (Å²) in [5, 5.41) is 0. The predicted octanol–water partition coefficient (Wildman–Crippen LogP) is 0.652. The molecule has 0 spiro atoms. The molecule has 1 N–H and O–H groups in total. The molecular formula is C17H23N3O7S2. The van der Waals surface area contributed by atoms with Crippen LogP contribution in [0.5, 0.6) is 0 Å². The van der Waals surface area contributed by atoms with Crippen molar-refractivity contribution in [3.8, 4) is 0 Å². The number of hydrogen-bond acceptors (Lipinski definition) is 7. The van der Waals surface area contributed by atoms with Crippen LogP contribution in [-0.2, 0) is 29.6 Å². The molecular weight excluding hydrogens is 422 g/mol. The largest absolute Gasteiger partial charge is 0.450 e. The molecule has 2 saturated heterocycles. The Bertz CT molecular complexity index is 982. The first kappa shape index (κ1) is 21.5. The normalized spacial score (nSPS) is 20.1. The van der Waals surface area contributed by atoms with Crippen LogP contribution in [0.2, 0.25) is 0 Å². The van der Waals surface area contributed by atoms with E-state index in [-0.39, 0.29) is 35.4 Å². The molecule has 3 rings (SSSR count). The van der Waals surface area contributed by atoms with Crippen LogP contribution in [0.4, 0.5) is 10.5 Å². The smallest absolute Gasteiger partial charge is 0.409 e. The second-order valence-electron chi connectivity index (χ2n) is 6.80. The number of nitrogens with one attached hydrogen (secondary N) is 1. The monoisotopic (exact) mass is 445 g/mol. The molecule has 2 aliphatic rings.